The molecule has 0 fully saturated rings. The number of benzene rings is 1. The largest absolute Gasteiger partial charge is 0.504 e. The van der Waals surface area contributed by atoms with Gasteiger partial charge in [0.2, 0.25) is 5.96 Å². The summed E-state index contributed by atoms with van der Waals surface area (Å²) in [5.74, 6) is -1.92. The minimum atomic E-state index is -0.844. The molecule has 0 aliphatic heterocycles. The monoisotopic (exact) mass is 393 g/mol. The summed E-state index contributed by atoms with van der Waals surface area (Å²) in [6.07, 6.45) is 1.59. The number of nitrogen functional groups attached to an aromatic ring is 2. The third kappa shape index (κ3) is 4.67. The van der Waals surface area contributed by atoms with Crippen LogP contribution in [0, 0.1) is 0 Å². The molecule has 0 saturated carbocycles. The van der Waals surface area contributed by atoms with E-state index < -0.39 is 5.91 Å². The number of unbranched alkanes of at least 4 members (excludes halogenated alkanes) is 1. The zero-order valence-electron chi connectivity index (χ0n) is 14.6. The molecule has 11 heteroatoms. The van der Waals surface area contributed by atoms with E-state index in [1.165, 1.54) is 23.1 Å². The minimum Gasteiger partial charge on any atom is -0.504 e. The molecule has 1 amide bonds. The van der Waals surface area contributed by atoms with Gasteiger partial charge in [0, 0.05) is 18.3 Å². The maximum atomic E-state index is 12.4. The summed E-state index contributed by atoms with van der Waals surface area (Å²) in [6.45, 7) is 2.41. The molecule has 27 heavy (non-hydrogen) atoms. The topological polar surface area (TPSA) is 177 Å². The Morgan fingerprint density at radius 3 is 2.56 bits per heavy atom. The summed E-state index contributed by atoms with van der Waals surface area (Å²) < 4.78 is 0. The fraction of sp³-hybridized carbons (Fsp3) is 0.250. The molecule has 0 bridgehead atoms. The molecule has 0 saturated heterocycles. The van der Waals surface area contributed by atoms with Crippen LogP contribution in [-0.2, 0) is 0 Å². The lowest BCUT2D eigenvalue weighted by Crippen LogP contribution is -2.39. The van der Waals surface area contributed by atoms with Crippen LogP contribution in [0.5, 0.6) is 11.5 Å². The number of phenolic OH excluding ortho intramolecular Hbond substituents is 2. The van der Waals surface area contributed by atoms with Crippen LogP contribution in [0.15, 0.2) is 23.2 Å². The van der Waals surface area contributed by atoms with Crippen LogP contribution >= 0.6 is 11.6 Å². The van der Waals surface area contributed by atoms with Crippen molar-refractivity contribution >= 4 is 40.8 Å². The molecule has 0 aliphatic rings. The molecule has 8 N–H and O–H groups in total. The van der Waals surface area contributed by atoms with Gasteiger partial charge in [0.05, 0.1) is 0 Å². The van der Waals surface area contributed by atoms with Gasteiger partial charge in [-0.3, -0.25) is 4.79 Å². The Labute approximate surface area is 160 Å². The number of rotatable bonds is 5. The number of nitrogens with two attached hydrogens (primary N) is 3. The van der Waals surface area contributed by atoms with Gasteiger partial charge in [0.25, 0.3) is 0 Å². The van der Waals surface area contributed by atoms with E-state index in [-0.39, 0.29) is 39.9 Å². The molecule has 0 atom stereocenters. The van der Waals surface area contributed by atoms with Crippen molar-refractivity contribution in [1.82, 2.24) is 9.97 Å². The van der Waals surface area contributed by atoms with Crippen molar-refractivity contribution in [2.75, 3.05) is 22.9 Å². The first-order valence-corrected chi connectivity index (χ1v) is 8.38. The second-order valence-corrected chi connectivity index (χ2v) is 5.94. The summed E-state index contributed by atoms with van der Waals surface area (Å²) in [5, 5.41) is 19.0. The second-order valence-electron chi connectivity index (χ2n) is 5.59. The Bertz CT molecular complexity index is 889. The standard InChI is InChI=1S/C16H20ClN7O3/c1-2-3-6-24(8-4-5-9(25)10(26)7-8)16(20)23-15(27)11-13(18)22-14(19)12(17)21-11/h4-5,7,25-26H,2-3,6H2,1H3,(H4,18,19,22)(H2,20,23,27). The summed E-state index contributed by atoms with van der Waals surface area (Å²) in [7, 11) is 0. The Balaban J connectivity index is 2.38. The quantitative estimate of drug-likeness (QED) is 0.285. The highest BCUT2D eigenvalue weighted by Crippen LogP contribution is 2.29. The van der Waals surface area contributed by atoms with E-state index in [0.717, 1.165) is 12.8 Å². The van der Waals surface area contributed by atoms with E-state index in [1.807, 2.05) is 6.92 Å². The van der Waals surface area contributed by atoms with Crippen LogP contribution in [0.3, 0.4) is 0 Å². The Morgan fingerprint density at radius 1 is 1.22 bits per heavy atom. The lowest BCUT2D eigenvalue weighted by atomic mass is 10.2. The Morgan fingerprint density at radius 2 is 1.93 bits per heavy atom. The number of phenols is 2. The molecule has 144 valence electrons. The summed E-state index contributed by atoms with van der Waals surface area (Å²) in [4.78, 5) is 25.3. The number of nitrogens with zero attached hydrogens (tertiary/aromatic N) is 4. The smallest absolute Gasteiger partial charge is 0.302 e. The first kappa shape index (κ1) is 20.0. The van der Waals surface area contributed by atoms with Crippen LogP contribution in [0.1, 0.15) is 30.3 Å². The van der Waals surface area contributed by atoms with Crippen molar-refractivity contribution < 1.29 is 15.0 Å². The fourth-order valence-electron chi connectivity index (χ4n) is 2.19. The molecule has 2 rings (SSSR count). The van der Waals surface area contributed by atoms with Crippen LogP contribution < -0.4 is 22.1 Å². The Kier molecular flexibility index (Phi) is 6.24. The van der Waals surface area contributed by atoms with E-state index in [9.17, 15) is 15.0 Å². The number of aromatic nitrogens is 2. The molecule has 1 aromatic heterocycles. The molecule has 1 heterocycles. The molecule has 0 spiro atoms. The maximum absolute atomic E-state index is 12.4. The highest BCUT2D eigenvalue weighted by atomic mass is 35.5. The van der Waals surface area contributed by atoms with E-state index in [0.29, 0.717) is 12.2 Å². The van der Waals surface area contributed by atoms with E-state index in [1.54, 1.807) is 0 Å². The average Bonchev–Trinajstić information content (AvgIpc) is 2.61. The van der Waals surface area contributed by atoms with Gasteiger partial charge in [-0.1, -0.05) is 24.9 Å². The molecule has 10 nitrogen and oxygen atoms in total. The molecular formula is C16H20ClN7O3. The summed E-state index contributed by atoms with van der Waals surface area (Å²) in [5.41, 5.74) is 17.3. The highest BCUT2D eigenvalue weighted by molar-refractivity contribution is 6.31. The SMILES string of the molecule is CCCCN(C(N)=NC(=O)c1nc(Cl)c(N)nc1N)c1ccc(O)c(O)c1. The normalized spacial score (nSPS) is 11.4. The number of aliphatic imine (C=N–C) groups is 1. The Hall–Kier alpha value is -3.27. The summed E-state index contributed by atoms with van der Waals surface area (Å²) in [6, 6.07) is 4.15. The first-order valence-electron chi connectivity index (χ1n) is 8.01. The minimum absolute atomic E-state index is 0.105. The molecule has 0 aliphatic carbocycles. The molecule has 0 radical (unpaired) electrons. The van der Waals surface area contributed by atoms with Gasteiger partial charge in [-0.05, 0) is 18.6 Å². The number of hydrogen-bond acceptors (Lipinski definition) is 7. The number of hydrogen-bond donors (Lipinski definition) is 5. The van der Waals surface area contributed by atoms with Crippen molar-refractivity contribution in [3.05, 3.63) is 29.0 Å². The number of anilines is 3. The third-order valence-corrected chi connectivity index (χ3v) is 3.88. The van der Waals surface area contributed by atoms with Gasteiger partial charge >= 0.3 is 5.91 Å². The number of guanidine groups is 1. The first-order chi connectivity index (χ1) is 12.7. The maximum Gasteiger partial charge on any atom is 0.302 e. The van der Waals surface area contributed by atoms with Gasteiger partial charge in [0.15, 0.2) is 34.0 Å². The predicted octanol–water partition coefficient (Wildman–Crippen LogP) is 1.47. The molecular weight excluding hydrogens is 374 g/mol. The summed E-state index contributed by atoms with van der Waals surface area (Å²) >= 11 is 5.78. The number of aromatic hydroxyl groups is 2. The van der Waals surface area contributed by atoms with E-state index >= 15 is 0 Å². The number of halogens is 1. The van der Waals surface area contributed by atoms with Gasteiger partial charge in [-0.25, -0.2) is 9.97 Å². The van der Waals surface area contributed by atoms with Crippen molar-refractivity contribution in [3.63, 3.8) is 0 Å². The van der Waals surface area contributed by atoms with Crippen LogP contribution in [0.4, 0.5) is 17.3 Å². The number of carbonyl (C=O) groups is 1. The van der Waals surface area contributed by atoms with E-state index in [2.05, 4.69) is 15.0 Å². The van der Waals surface area contributed by atoms with Gasteiger partial charge in [-0.2, -0.15) is 4.99 Å². The van der Waals surface area contributed by atoms with Gasteiger partial charge in [0.1, 0.15) is 0 Å². The molecule has 1 aromatic carbocycles. The number of amides is 1. The van der Waals surface area contributed by atoms with Crippen LogP contribution in [0.2, 0.25) is 5.15 Å². The van der Waals surface area contributed by atoms with Crippen LogP contribution in [-0.4, -0.2) is 38.6 Å². The zero-order valence-corrected chi connectivity index (χ0v) is 15.3. The molecule has 0 unspecified atom stereocenters. The van der Waals surface area contributed by atoms with Crippen molar-refractivity contribution in [2.24, 2.45) is 10.7 Å². The van der Waals surface area contributed by atoms with E-state index in [4.69, 9.17) is 28.8 Å². The number of carbonyl (C=O) groups excluding carboxylic acids is 1. The third-order valence-electron chi connectivity index (χ3n) is 3.61. The highest BCUT2D eigenvalue weighted by Gasteiger charge is 2.19. The fourth-order valence-corrected chi connectivity index (χ4v) is 2.31. The van der Waals surface area contributed by atoms with Gasteiger partial charge in [-0.15, -0.1) is 0 Å². The second kappa shape index (κ2) is 8.41. The van der Waals surface area contributed by atoms with Crippen molar-refractivity contribution in [2.45, 2.75) is 19.8 Å². The van der Waals surface area contributed by atoms with Crippen molar-refractivity contribution in [1.29, 1.82) is 0 Å². The zero-order chi connectivity index (χ0) is 20.1. The van der Waals surface area contributed by atoms with Gasteiger partial charge < -0.3 is 32.3 Å². The molecule has 2 aromatic rings. The predicted molar refractivity (Wildman–Crippen MR) is 104 cm³/mol. The average molecular weight is 394 g/mol. The lowest BCUT2D eigenvalue weighted by molar-refractivity contribution is 0.0998. The van der Waals surface area contributed by atoms with Crippen LogP contribution in [0.25, 0.3) is 0 Å². The van der Waals surface area contributed by atoms with Crippen molar-refractivity contribution in [3.8, 4) is 11.5 Å². The lowest BCUT2D eigenvalue weighted by Gasteiger charge is -2.23.